The Hall–Kier alpha value is -7.42. The highest BCUT2D eigenvalue weighted by Crippen LogP contribution is 2.59. The molecular formula is C56H36N2. The van der Waals surface area contributed by atoms with E-state index in [0.717, 1.165) is 0 Å². The minimum Gasteiger partial charge on any atom is -0.309 e. The van der Waals surface area contributed by atoms with Crippen molar-refractivity contribution in [2.45, 2.75) is 11.8 Å². The molecule has 11 aromatic rings. The summed E-state index contributed by atoms with van der Waals surface area (Å²) in [6, 6.07) is 76.8. The van der Waals surface area contributed by atoms with Crippen LogP contribution in [0, 0.1) is 0 Å². The molecule has 0 radical (unpaired) electrons. The molecule has 0 aliphatic heterocycles. The molecule has 2 heteroatoms. The molecule has 58 heavy (non-hydrogen) atoms. The Morgan fingerprint density at radius 1 is 0.310 bits per heavy atom. The van der Waals surface area contributed by atoms with Crippen LogP contribution in [0.2, 0.25) is 0 Å². The fourth-order valence-electron chi connectivity index (χ4n) is 10.8. The van der Waals surface area contributed by atoms with Crippen molar-refractivity contribution in [1.29, 1.82) is 0 Å². The fourth-order valence-corrected chi connectivity index (χ4v) is 10.8. The molecule has 2 aromatic heterocycles. The number of hydrogen-bond acceptors (Lipinski definition) is 0. The van der Waals surface area contributed by atoms with Crippen molar-refractivity contribution in [3.05, 3.63) is 240 Å². The summed E-state index contributed by atoms with van der Waals surface area (Å²) in [5.41, 5.74) is 20.9. The van der Waals surface area contributed by atoms with Crippen LogP contribution in [0.15, 0.2) is 206 Å². The van der Waals surface area contributed by atoms with Crippen molar-refractivity contribution in [1.82, 2.24) is 9.13 Å². The minimum absolute atomic E-state index is 0.0968. The van der Waals surface area contributed by atoms with E-state index in [1.54, 1.807) is 0 Å². The normalized spacial score (nSPS) is 15.2. The molecule has 3 aliphatic rings. The molecule has 0 saturated carbocycles. The van der Waals surface area contributed by atoms with E-state index in [-0.39, 0.29) is 11.8 Å². The Morgan fingerprint density at radius 3 is 1.57 bits per heavy atom. The first-order valence-electron chi connectivity index (χ1n) is 20.3. The van der Waals surface area contributed by atoms with E-state index < -0.39 is 0 Å². The van der Waals surface area contributed by atoms with E-state index in [2.05, 4.69) is 215 Å². The van der Waals surface area contributed by atoms with Gasteiger partial charge in [0, 0.05) is 39.1 Å². The molecule has 0 unspecified atom stereocenters. The van der Waals surface area contributed by atoms with Crippen molar-refractivity contribution in [2.24, 2.45) is 0 Å². The predicted molar refractivity (Wildman–Crippen MR) is 241 cm³/mol. The average Bonchev–Trinajstić information content (AvgIpc) is 3.82. The Balaban J connectivity index is 1.13. The molecule has 2 bridgehead atoms. The number of aromatic nitrogens is 2. The second-order valence-corrected chi connectivity index (χ2v) is 15.9. The van der Waals surface area contributed by atoms with E-state index >= 15 is 0 Å². The third-order valence-corrected chi connectivity index (χ3v) is 13.1. The van der Waals surface area contributed by atoms with Gasteiger partial charge in [0.2, 0.25) is 0 Å². The lowest BCUT2D eigenvalue weighted by molar-refractivity contribution is 0.750. The predicted octanol–water partition coefficient (Wildman–Crippen LogP) is 14.2. The number of benzene rings is 9. The van der Waals surface area contributed by atoms with Gasteiger partial charge in [0.25, 0.3) is 0 Å². The Kier molecular flexibility index (Phi) is 6.59. The minimum atomic E-state index is 0.0968. The first-order valence-corrected chi connectivity index (χ1v) is 20.3. The van der Waals surface area contributed by atoms with E-state index in [1.807, 2.05) is 0 Å². The fraction of sp³-hybridized carbons (Fsp3) is 0.0357. The summed E-state index contributed by atoms with van der Waals surface area (Å²) in [4.78, 5) is 0. The molecule has 0 saturated heterocycles. The maximum atomic E-state index is 2.57. The van der Waals surface area contributed by atoms with Gasteiger partial charge in [-0.3, -0.25) is 0 Å². The van der Waals surface area contributed by atoms with Crippen molar-refractivity contribution in [3.63, 3.8) is 0 Å². The van der Waals surface area contributed by atoms with Crippen LogP contribution in [0.25, 0.3) is 77.2 Å². The largest absolute Gasteiger partial charge is 0.309 e. The SMILES string of the molecule is c1ccc(-c2cccc3c2c2ccccc2n3-c2ccc(-c3ccc4c(c3)c3ccccc3n4-c3ccccc3)c3c2C2c4ccccc4C3c3ccccc32)cc1. The molecule has 14 rings (SSSR count). The summed E-state index contributed by atoms with van der Waals surface area (Å²) < 4.78 is 4.98. The maximum absolute atomic E-state index is 2.57. The molecule has 0 fully saturated rings. The Labute approximate surface area is 336 Å². The number of nitrogens with zero attached hydrogens (tertiary/aromatic N) is 2. The van der Waals surface area contributed by atoms with E-state index in [9.17, 15) is 0 Å². The second-order valence-electron chi connectivity index (χ2n) is 15.9. The van der Waals surface area contributed by atoms with Crippen LogP contribution in [0.4, 0.5) is 0 Å². The van der Waals surface area contributed by atoms with Crippen molar-refractivity contribution in [3.8, 4) is 33.6 Å². The zero-order valence-electron chi connectivity index (χ0n) is 31.7. The lowest BCUT2D eigenvalue weighted by Gasteiger charge is -2.44. The van der Waals surface area contributed by atoms with E-state index in [1.165, 1.54) is 111 Å². The zero-order chi connectivity index (χ0) is 37.9. The van der Waals surface area contributed by atoms with Gasteiger partial charge in [0.1, 0.15) is 0 Å². The van der Waals surface area contributed by atoms with Crippen LogP contribution in [0.3, 0.4) is 0 Å². The van der Waals surface area contributed by atoms with Crippen LogP contribution >= 0.6 is 0 Å². The average molecular weight is 737 g/mol. The molecular weight excluding hydrogens is 701 g/mol. The first-order chi connectivity index (χ1) is 28.8. The summed E-state index contributed by atoms with van der Waals surface area (Å²) in [5, 5.41) is 5.11. The van der Waals surface area contributed by atoms with Crippen LogP contribution in [0.1, 0.15) is 45.2 Å². The van der Waals surface area contributed by atoms with Gasteiger partial charge in [0.05, 0.1) is 27.8 Å². The second kappa shape index (κ2) is 12.0. The third kappa shape index (κ3) is 4.27. The zero-order valence-corrected chi connectivity index (χ0v) is 31.7. The Bertz CT molecular complexity index is 3410. The van der Waals surface area contributed by atoms with Gasteiger partial charge in [-0.2, -0.15) is 0 Å². The third-order valence-electron chi connectivity index (χ3n) is 13.1. The monoisotopic (exact) mass is 736 g/mol. The van der Waals surface area contributed by atoms with Crippen LogP contribution in [-0.4, -0.2) is 9.13 Å². The van der Waals surface area contributed by atoms with Crippen molar-refractivity contribution < 1.29 is 0 Å². The quantitative estimate of drug-likeness (QED) is 0.170. The standard InChI is InChI=1S/C56H36N2/c1-3-16-35(17-4-1)38-26-15-29-50-52(38)45-25-12-14-28-48(45)58(50)51-33-31-39(55-53-41-21-7-9-23-43(41)54(56(51)55)44-24-10-8-22-42(44)53)36-30-32-49-46(34-36)40-20-11-13-27-47(40)57(49)37-18-5-2-6-19-37/h1-34,53-54H. The molecule has 0 N–H and O–H groups in total. The highest BCUT2D eigenvalue weighted by molar-refractivity contribution is 6.16. The maximum Gasteiger partial charge on any atom is 0.0547 e. The molecule has 3 aliphatic carbocycles. The molecule has 2 nitrogen and oxygen atoms in total. The highest BCUT2D eigenvalue weighted by atomic mass is 15.0. The molecule has 0 amide bonds. The summed E-state index contributed by atoms with van der Waals surface area (Å²) in [5.74, 6) is 0.205. The van der Waals surface area contributed by atoms with Gasteiger partial charge in [-0.25, -0.2) is 0 Å². The molecule has 9 aromatic carbocycles. The summed E-state index contributed by atoms with van der Waals surface area (Å²) in [6.45, 7) is 0. The van der Waals surface area contributed by atoms with Crippen LogP contribution < -0.4 is 0 Å². The van der Waals surface area contributed by atoms with Gasteiger partial charge in [-0.1, -0.05) is 158 Å². The lowest BCUT2D eigenvalue weighted by Crippen LogP contribution is -2.29. The van der Waals surface area contributed by atoms with Crippen LogP contribution in [0.5, 0.6) is 0 Å². The molecule has 0 atom stereocenters. The first kappa shape index (κ1) is 31.7. The van der Waals surface area contributed by atoms with Gasteiger partial charge < -0.3 is 9.13 Å². The van der Waals surface area contributed by atoms with Crippen molar-refractivity contribution >= 4 is 43.6 Å². The number of fused-ring (bicyclic) bond motifs is 6. The van der Waals surface area contributed by atoms with Gasteiger partial charge in [-0.05, 0) is 104 Å². The summed E-state index contributed by atoms with van der Waals surface area (Å²) >= 11 is 0. The van der Waals surface area contributed by atoms with Gasteiger partial charge >= 0.3 is 0 Å². The topological polar surface area (TPSA) is 9.86 Å². The van der Waals surface area contributed by atoms with Gasteiger partial charge in [-0.15, -0.1) is 0 Å². The smallest absolute Gasteiger partial charge is 0.0547 e. The summed E-state index contributed by atoms with van der Waals surface area (Å²) in [6.07, 6.45) is 0. The van der Waals surface area contributed by atoms with E-state index in [4.69, 9.17) is 0 Å². The molecule has 2 heterocycles. The number of rotatable bonds is 4. The van der Waals surface area contributed by atoms with E-state index in [0.29, 0.717) is 0 Å². The lowest BCUT2D eigenvalue weighted by atomic mass is 9.59. The molecule has 270 valence electrons. The van der Waals surface area contributed by atoms with Crippen molar-refractivity contribution in [2.75, 3.05) is 0 Å². The summed E-state index contributed by atoms with van der Waals surface area (Å²) in [7, 11) is 0. The van der Waals surface area contributed by atoms with Crippen LogP contribution in [-0.2, 0) is 0 Å². The number of hydrogen-bond donors (Lipinski definition) is 0. The van der Waals surface area contributed by atoms with Gasteiger partial charge in [0.15, 0.2) is 0 Å². The molecule has 0 spiro atoms. The highest BCUT2D eigenvalue weighted by Gasteiger charge is 2.44. The number of para-hydroxylation sites is 3. The Morgan fingerprint density at radius 2 is 0.862 bits per heavy atom.